The molecule has 0 aliphatic rings. The maximum absolute atomic E-state index is 9.06. The van der Waals surface area contributed by atoms with Gasteiger partial charge in [0.15, 0.2) is 0 Å². The van der Waals surface area contributed by atoms with Crippen molar-refractivity contribution in [3.05, 3.63) is 29.1 Å². The molecule has 1 heterocycles. The van der Waals surface area contributed by atoms with Gasteiger partial charge in [-0.2, -0.15) is 0 Å². The molecule has 0 saturated carbocycles. The molecule has 0 spiro atoms. The highest BCUT2D eigenvalue weighted by atomic mass is 16.3. The fourth-order valence-electron chi connectivity index (χ4n) is 1.44. The van der Waals surface area contributed by atoms with Crippen LogP contribution in [-0.4, -0.2) is 28.4 Å². The molecule has 5 heteroatoms. The molecule has 15 heavy (non-hydrogen) atoms. The molecule has 6 N–H and O–H groups in total. The molecule has 5 nitrogen and oxygen atoms in total. The average Bonchev–Trinajstić information content (AvgIpc) is 2.31. The first-order valence-corrected chi connectivity index (χ1v) is 4.86. The maximum atomic E-state index is 9.06. The average molecular weight is 211 g/mol. The second-order valence-electron chi connectivity index (χ2n) is 3.36. The number of aliphatic hydroxyl groups is 2. The largest absolute Gasteiger partial charge is 0.396 e. The highest BCUT2D eigenvalue weighted by molar-refractivity contribution is 5.28. The number of pyridine rings is 1. The van der Waals surface area contributed by atoms with Gasteiger partial charge in [-0.05, 0) is 17.2 Å². The van der Waals surface area contributed by atoms with E-state index in [4.69, 9.17) is 21.7 Å². The summed E-state index contributed by atoms with van der Waals surface area (Å²) in [5, 5.41) is 18.1. The summed E-state index contributed by atoms with van der Waals surface area (Å²) in [6, 6.07) is 1.86. The van der Waals surface area contributed by atoms with E-state index in [2.05, 4.69) is 4.98 Å². The van der Waals surface area contributed by atoms with Crippen molar-refractivity contribution in [2.75, 3.05) is 13.2 Å². The van der Waals surface area contributed by atoms with Gasteiger partial charge < -0.3 is 21.7 Å². The first kappa shape index (κ1) is 12.1. The number of nitrogens with zero attached hydrogens (tertiary/aromatic N) is 1. The van der Waals surface area contributed by atoms with Crippen LogP contribution in [0.4, 0.5) is 0 Å². The van der Waals surface area contributed by atoms with Crippen LogP contribution in [0.3, 0.4) is 0 Å². The minimum Gasteiger partial charge on any atom is -0.396 e. The predicted octanol–water partition coefficient (Wildman–Crippen LogP) is -0.933. The van der Waals surface area contributed by atoms with E-state index in [0.29, 0.717) is 18.8 Å². The lowest BCUT2D eigenvalue weighted by Gasteiger charge is -2.15. The Kier molecular flexibility index (Phi) is 4.64. The lowest BCUT2D eigenvalue weighted by atomic mass is 10.0. The van der Waals surface area contributed by atoms with Crippen LogP contribution in [0.5, 0.6) is 0 Å². The fraction of sp³-hybridized carbons (Fsp3) is 0.500. The van der Waals surface area contributed by atoms with Gasteiger partial charge in [-0.1, -0.05) is 0 Å². The van der Waals surface area contributed by atoms with Crippen molar-refractivity contribution < 1.29 is 10.2 Å². The van der Waals surface area contributed by atoms with Gasteiger partial charge in [0.05, 0.1) is 18.9 Å². The van der Waals surface area contributed by atoms with Gasteiger partial charge in [0.25, 0.3) is 0 Å². The Morgan fingerprint density at radius 2 is 1.87 bits per heavy atom. The number of nitrogens with two attached hydrogens (primary N) is 2. The van der Waals surface area contributed by atoms with Crippen LogP contribution in [0, 0.1) is 0 Å². The summed E-state index contributed by atoms with van der Waals surface area (Å²) in [6.07, 6.45) is 1.65. The normalized spacial score (nSPS) is 11.0. The summed E-state index contributed by atoms with van der Waals surface area (Å²) in [5.74, 6) is -0.365. The lowest BCUT2D eigenvalue weighted by Crippen LogP contribution is -2.16. The molecular weight excluding hydrogens is 194 g/mol. The zero-order valence-corrected chi connectivity index (χ0v) is 8.56. The van der Waals surface area contributed by atoms with Gasteiger partial charge in [-0.3, -0.25) is 4.98 Å². The van der Waals surface area contributed by atoms with Gasteiger partial charge in [-0.25, -0.2) is 0 Å². The number of rotatable bonds is 5. The highest BCUT2D eigenvalue weighted by Crippen LogP contribution is 2.17. The molecule has 0 saturated heterocycles. The summed E-state index contributed by atoms with van der Waals surface area (Å²) in [6.45, 7) is 0.451. The quantitative estimate of drug-likeness (QED) is 0.503. The second-order valence-corrected chi connectivity index (χ2v) is 3.36. The van der Waals surface area contributed by atoms with Gasteiger partial charge in [0.1, 0.15) is 0 Å². The molecule has 0 aliphatic heterocycles. The molecular formula is C10H17N3O2. The van der Waals surface area contributed by atoms with Crippen molar-refractivity contribution in [1.82, 2.24) is 4.98 Å². The molecule has 84 valence electrons. The van der Waals surface area contributed by atoms with E-state index in [1.807, 2.05) is 6.07 Å². The zero-order valence-electron chi connectivity index (χ0n) is 8.56. The Hall–Kier alpha value is -1.01. The molecule has 0 fully saturated rings. The Morgan fingerprint density at radius 1 is 1.20 bits per heavy atom. The van der Waals surface area contributed by atoms with Gasteiger partial charge in [0, 0.05) is 25.2 Å². The Morgan fingerprint density at radius 3 is 2.33 bits per heavy atom. The van der Waals surface area contributed by atoms with Gasteiger partial charge >= 0.3 is 0 Å². The van der Waals surface area contributed by atoms with Crippen LogP contribution >= 0.6 is 0 Å². The van der Waals surface area contributed by atoms with E-state index in [0.717, 1.165) is 11.1 Å². The minimum atomic E-state index is -0.365. The van der Waals surface area contributed by atoms with E-state index < -0.39 is 0 Å². The van der Waals surface area contributed by atoms with Crippen LogP contribution in [0.15, 0.2) is 12.3 Å². The van der Waals surface area contributed by atoms with Crippen molar-refractivity contribution in [2.45, 2.75) is 19.0 Å². The van der Waals surface area contributed by atoms with Crippen LogP contribution in [0.2, 0.25) is 0 Å². The molecule has 1 aromatic heterocycles. The summed E-state index contributed by atoms with van der Waals surface area (Å²) >= 11 is 0. The van der Waals surface area contributed by atoms with Gasteiger partial charge in [0.2, 0.25) is 0 Å². The lowest BCUT2D eigenvalue weighted by molar-refractivity contribution is 0.189. The summed E-state index contributed by atoms with van der Waals surface area (Å²) in [7, 11) is 0. The predicted molar refractivity (Wildman–Crippen MR) is 56.9 cm³/mol. The number of hydrogen-bond acceptors (Lipinski definition) is 5. The van der Waals surface area contributed by atoms with Crippen molar-refractivity contribution in [1.29, 1.82) is 0 Å². The van der Waals surface area contributed by atoms with Crippen LogP contribution in [0.25, 0.3) is 0 Å². The fourth-order valence-corrected chi connectivity index (χ4v) is 1.44. The molecule has 0 radical (unpaired) electrons. The first-order valence-electron chi connectivity index (χ1n) is 4.86. The molecule has 0 amide bonds. The molecule has 0 bridgehead atoms. The smallest absolute Gasteiger partial charge is 0.0537 e. The number of aromatic nitrogens is 1. The van der Waals surface area contributed by atoms with E-state index in [1.54, 1.807) is 6.20 Å². The molecule has 1 aromatic rings. The monoisotopic (exact) mass is 211 g/mol. The van der Waals surface area contributed by atoms with Crippen molar-refractivity contribution in [3.8, 4) is 0 Å². The molecule has 1 rings (SSSR count). The van der Waals surface area contributed by atoms with Crippen molar-refractivity contribution in [3.63, 3.8) is 0 Å². The van der Waals surface area contributed by atoms with Crippen molar-refractivity contribution in [2.24, 2.45) is 11.5 Å². The van der Waals surface area contributed by atoms with Gasteiger partial charge in [-0.15, -0.1) is 0 Å². The summed E-state index contributed by atoms with van der Waals surface area (Å²) in [5.41, 5.74) is 13.4. The minimum absolute atomic E-state index is 0.140. The summed E-state index contributed by atoms with van der Waals surface area (Å²) in [4.78, 5) is 4.18. The number of hydrogen-bond donors (Lipinski definition) is 4. The zero-order chi connectivity index (χ0) is 11.3. The maximum Gasteiger partial charge on any atom is 0.0537 e. The second kappa shape index (κ2) is 5.77. The topological polar surface area (TPSA) is 105 Å². The third-order valence-electron chi connectivity index (χ3n) is 2.34. The van der Waals surface area contributed by atoms with E-state index in [9.17, 15) is 0 Å². The number of aliphatic hydroxyl groups excluding tert-OH is 2. The highest BCUT2D eigenvalue weighted by Gasteiger charge is 2.14. The molecule has 0 aromatic carbocycles. The van der Waals surface area contributed by atoms with E-state index in [-0.39, 0.29) is 19.1 Å². The van der Waals surface area contributed by atoms with Crippen LogP contribution < -0.4 is 11.5 Å². The van der Waals surface area contributed by atoms with E-state index >= 15 is 0 Å². The Balaban J connectivity index is 3.06. The third kappa shape index (κ3) is 2.73. The van der Waals surface area contributed by atoms with Crippen molar-refractivity contribution >= 4 is 0 Å². The SMILES string of the molecule is NCc1cnc(C(CO)CO)c(CN)c1. The molecule has 0 aliphatic carbocycles. The Labute approximate surface area is 88.7 Å². The van der Waals surface area contributed by atoms with E-state index in [1.165, 1.54) is 0 Å². The third-order valence-corrected chi connectivity index (χ3v) is 2.34. The van der Waals surface area contributed by atoms with Crippen LogP contribution in [0.1, 0.15) is 22.7 Å². The standard InChI is InChI=1S/C10H17N3O2/c11-2-7-1-8(3-12)10(13-4-7)9(5-14)6-15/h1,4,9,14-15H,2-3,5-6,11-12H2. The Bertz CT molecular complexity index is 314. The first-order chi connectivity index (χ1) is 7.26. The molecule has 0 unspecified atom stereocenters. The summed E-state index contributed by atoms with van der Waals surface area (Å²) < 4.78 is 0. The molecule has 0 atom stereocenters. The van der Waals surface area contributed by atoms with Crippen LogP contribution in [-0.2, 0) is 13.1 Å².